The summed E-state index contributed by atoms with van der Waals surface area (Å²) in [6.45, 7) is 4.39. The molecule has 0 bridgehead atoms. The number of rotatable bonds is 4. The zero-order valence-electron chi connectivity index (χ0n) is 16.2. The van der Waals surface area contributed by atoms with Crippen LogP contribution in [0.5, 0.6) is 0 Å². The quantitative estimate of drug-likeness (QED) is 0.710. The second-order valence-electron chi connectivity index (χ2n) is 7.31. The minimum absolute atomic E-state index is 0.0716. The molecule has 4 rings (SSSR count). The number of amides is 1. The molecule has 2 fully saturated rings. The van der Waals surface area contributed by atoms with Gasteiger partial charge in [-0.05, 0) is 50.1 Å². The van der Waals surface area contributed by atoms with E-state index in [0.29, 0.717) is 48.4 Å². The Kier molecular flexibility index (Phi) is 5.99. The van der Waals surface area contributed by atoms with Crippen molar-refractivity contribution in [3.8, 4) is 5.69 Å². The first-order valence-electron chi connectivity index (χ1n) is 9.74. The standard InChI is InChI=1S/C21H23ClFN3O3/c1-14-18(20(22)26(24-14)17-6-4-16(23)5-7-17)8-9-19(27)25-10-2-3-15(13-25)21-28-11-12-29-21/h4-9,15,21H,2-3,10-13H2,1H3/b9-8+. The molecule has 2 aliphatic heterocycles. The van der Waals surface area contributed by atoms with E-state index in [2.05, 4.69) is 5.10 Å². The fourth-order valence-corrected chi connectivity index (χ4v) is 4.13. The maximum atomic E-state index is 13.2. The number of benzene rings is 1. The van der Waals surface area contributed by atoms with Crippen LogP contribution in [0.3, 0.4) is 0 Å². The molecule has 0 aliphatic carbocycles. The van der Waals surface area contributed by atoms with Crippen molar-refractivity contribution in [2.24, 2.45) is 5.92 Å². The van der Waals surface area contributed by atoms with Gasteiger partial charge in [0.15, 0.2) is 6.29 Å². The third-order valence-electron chi connectivity index (χ3n) is 5.31. The van der Waals surface area contributed by atoms with E-state index in [-0.39, 0.29) is 23.9 Å². The van der Waals surface area contributed by atoms with Gasteiger partial charge in [0.05, 0.1) is 24.6 Å². The Morgan fingerprint density at radius 2 is 2.00 bits per heavy atom. The lowest BCUT2D eigenvalue weighted by Gasteiger charge is -2.34. The number of piperidine rings is 1. The van der Waals surface area contributed by atoms with Crippen molar-refractivity contribution < 1.29 is 18.7 Å². The Morgan fingerprint density at radius 3 is 2.72 bits per heavy atom. The molecule has 6 nitrogen and oxygen atoms in total. The normalized spacial score (nSPS) is 20.7. The second-order valence-corrected chi connectivity index (χ2v) is 7.67. The van der Waals surface area contributed by atoms with E-state index in [0.717, 1.165) is 12.8 Å². The first kappa shape index (κ1) is 20.1. The molecule has 1 atom stereocenters. The highest BCUT2D eigenvalue weighted by molar-refractivity contribution is 6.31. The molecule has 2 aromatic rings. The van der Waals surface area contributed by atoms with E-state index in [9.17, 15) is 9.18 Å². The molecule has 0 saturated carbocycles. The van der Waals surface area contributed by atoms with Crippen molar-refractivity contribution in [2.45, 2.75) is 26.1 Å². The summed E-state index contributed by atoms with van der Waals surface area (Å²) in [6.07, 6.45) is 4.94. The third kappa shape index (κ3) is 4.37. The molecule has 1 unspecified atom stereocenters. The number of carbonyl (C=O) groups excluding carboxylic acids is 1. The molecule has 2 saturated heterocycles. The molecule has 1 aromatic carbocycles. The minimum Gasteiger partial charge on any atom is -0.350 e. The average Bonchev–Trinajstić information content (AvgIpc) is 3.36. The van der Waals surface area contributed by atoms with E-state index in [4.69, 9.17) is 21.1 Å². The summed E-state index contributed by atoms with van der Waals surface area (Å²) in [5.74, 6) is -0.194. The van der Waals surface area contributed by atoms with E-state index in [1.807, 2.05) is 11.8 Å². The molecule has 3 heterocycles. The monoisotopic (exact) mass is 419 g/mol. The van der Waals surface area contributed by atoms with Crippen LogP contribution >= 0.6 is 11.6 Å². The van der Waals surface area contributed by atoms with Crippen LogP contribution in [0.4, 0.5) is 4.39 Å². The Hall–Kier alpha value is -2.22. The van der Waals surface area contributed by atoms with Crippen LogP contribution in [0.2, 0.25) is 5.15 Å². The van der Waals surface area contributed by atoms with Crippen molar-refractivity contribution in [2.75, 3.05) is 26.3 Å². The highest BCUT2D eigenvalue weighted by Gasteiger charge is 2.32. The lowest BCUT2D eigenvalue weighted by atomic mass is 9.97. The highest BCUT2D eigenvalue weighted by atomic mass is 35.5. The van der Waals surface area contributed by atoms with Crippen LogP contribution in [0.15, 0.2) is 30.3 Å². The Morgan fingerprint density at radius 1 is 1.28 bits per heavy atom. The maximum Gasteiger partial charge on any atom is 0.246 e. The molecule has 2 aliphatic rings. The zero-order chi connectivity index (χ0) is 20.4. The summed E-state index contributed by atoms with van der Waals surface area (Å²) in [5, 5.41) is 4.80. The van der Waals surface area contributed by atoms with Crippen molar-refractivity contribution in [1.82, 2.24) is 14.7 Å². The molecule has 154 valence electrons. The maximum absolute atomic E-state index is 13.2. The molecule has 8 heteroatoms. The zero-order valence-corrected chi connectivity index (χ0v) is 16.9. The fourth-order valence-electron chi connectivity index (χ4n) is 3.80. The van der Waals surface area contributed by atoms with Crippen LogP contribution in [0.25, 0.3) is 11.8 Å². The van der Waals surface area contributed by atoms with Gasteiger partial charge in [-0.1, -0.05) is 11.6 Å². The summed E-state index contributed by atoms with van der Waals surface area (Å²) in [4.78, 5) is 14.5. The highest BCUT2D eigenvalue weighted by Crippen LogP contribution is 2.27. The molecule has 0 radical (unpaired) electrons. The van der Waals surface area contributed by atoms with Crippen LogP contribution in [0.1, 0.15) is 24.1 Å². The number of carbonyl (C=O) groups is 1. The number of aryl methyl sites for hydroxylation is 1. The SMILES string of the molecule is Cc1nn(-c2ccc(F)cc2)c(Cl)c1/C=C/C(=O)N1CCCC(C2OCCO2)C1. The lowest BCUT2D eigenvalue weighted by molar-refractivity contribution is -0.134. The largest absolute Gasteiger partial charge is 0.350 e. The van der Waals surface area contributed by atoms with Crippen molar-refractivity contribution in [1.29, 1.82) is 0 Å². The van der Waals surface area contributed by atoms with Gasteiger partial charge in [-0.3, -0.25) is 4.79 Å². The molecule has 1 aromatic heterocycles. The fraction of sp³-hybridized carbons (Fsp3) is 0.429. The number of hydrogen-bond donors (Lipinski definition) is 0. The van der Waals surface area contributed by atoms with Crippen molar-refractivity contribution in [3.05, 3.63) is 52.6 Å². The van der Waals surface area contributed by atoms with E-state index >= 15 is 0 Å². The second kappa shape index (κ2) is 8.65. The summed E-state index contributed by atoms with van der Waals surface area (Å²) < 4.78 is 25.9. The smallest absolute Gasteiger partial charge is 0.246 e. The average molecular weight is 420 g/mol. The first-order valence-corrected chi connectivity index (χ1v) is 10.1. The Bertz CT molecular complexity index is 907. The number of aromatic nitrogens is 2. The van der Waals surface area contributed by atoms with E-state index < -0.39 is 0 Å². The van der Waals surface area contributed by atoms with Gasteiger partial charge in [0.25, 0.3) is 0 Å². The molecular formula is C21H23ClFN3O3. The van der Waals surface area contributed by atoms with Crippen LogP contribution in [-0.4, -0.2) is 53.2 Å². The van der Waals surface area contributed by atoms with Gasteiger partial charge in [-0.25, -0.2) is 9.07 Å². The van der Waals surface area contributed by atoms with Gasteiger partial charge in [-0.2, -0.15) is 5.10 Å². The molecule has 0 spiro atoms. The van der Waals surface area contributed by atoms with Gasteiger partial charge in [0, 0.05) is 30.6 Å². The van der Waals surface area contributed by atoms with Crippen LogP contribution < -0.4 is 0 Å². The molecule has 1 amide bonds. The number of halogens is 2. The van der Waals surface area contributed by atoms with Gasteiger partial charge in [-0.15, -0.1) is 0 Å². The predicted molar refractivity (Wildman–Crippen MR) is 107 cm³/mol. The van der Waals surface area contributed by atoms with E-state index in [1.165, 1.54) is 22.9 Å². The van der Waals surface area contributed by atoms with Gasteiger partial charge >= 0.3 is 0 Å². The van der Waals surface area contributed by atoms with Crippen molar-refractivity contribution in [3.63, 3.8) is 0 Å². The van der Waals surface area contributed by atoms with Crippen LogP contribution in [-0.2, 0) is 14.3 Å². The number of ether oxygens (including phenoxy) is 2. The summed E-state index contributed by atoms with van der Waals surface area (Å²) >= 11 is 6.48. The predicted octanol–water partition coefficient (Wildman–Crippen LogP) is 3.60. The summed E-state index contributed by atoms with van der Waals surface area (Å²) in [6, 6.07) is 5.92. The molecule has 29 heavy (non-hydrogen) atoms. The van der Waals surface area contributed by atoms with Gasteiger partial charge in [0.2, 0.25) is 5.91 Å². The van der Waals surface area contributed by atoms with Gasteiger partial charge < -0.3 is 14.4 Å². The third-order valence-corrected chi connectivity index (χ3v) is 5.68. The number of nitrogens with zero attached hydrogens (tertiary/aromatic N) is 3. The van der Waals surface area contributed by atoms with Crippen LogP contribution in [0, 0.1) is 18.7 Å². The Balaban J connectivity index is 1.47. The number of likely N-dealkylation sites (tertiary alicyclic amines) is 1. The summed E-state index contributed by atoms with van der Waals surface area (Å²) in [5.41, 5.74) is 2.01. The number of hydrogen-bond acceptors (Lipinski definition) is 4. The van der Waals surface area contributed by atoms with Gasteiger partial charge in [0.1, 0.15) is 11.0 Å². The Labute approximate surface area is 173 Å². The van der Waals surface area contributed by atoms with Crippen molar-refractivity contribution >= 4 is 23.6 Å². The minimum atomic E-state index is -0.326. The molecular weight excluding hydrogens is 397 g/mol. The van der Waals surface area contributed by atoms with E-state index in [1.54, 1.807) is 18.2 Å². The first-order chi connectivity index (χ1) is 14.0. The summed E-state index contributed by atoms with van der Waals surface area (Å²) in [7, 11) is 0. The lowest BCUT2D eigenvalue weighted by Crippen LogP contribution is -2.43. The molecule has 0 N–H and O–H groups in total. The topological polar surface area (TPSA) is 56.6 Å².